The lowest BCUT2D eigenvalue weighted by atomic mass is 9.71. The van der Waals surface area contributed by atoms with E-state index in [1.807, 2.05) is 30.3 Å². The Balaban J connectivity index is 1.57. The summed E-state index contributed by atoms with van der Waals surface area (Å²) in [5.41, 5.74) is 1.12. The number of rotatable bonds is 5. The molecule has 1 saturated carbocycles. The maximum Gasteiger partial charge on any atom is 0.268 e. The van der Waals surface area contributed by atoms with Gasteiger partial charge in [0, 0.05) is 26.3 Å². The van der Waals surface area contributed by atoms with Gasteiger partial charge in [-0.3, -0.25) is 4.79 Å². The summed E-state index contributed by atoms with van der Waals surface area (Å²) < 4.78 is 29.0. The molecule has 1 N–H and O–H groups in total. The van der Waals surface area contributed by atoms with Crippen molar-refractivity contribution in [3.05, 3.63) is 53.9 Å². The standard InChI is InChI=1S/C21H27N3O3S/c1-23-16-18(28(26,27)24-13-6-3-7-14-24)15-19(23)20(25)22-21(11-8-12-21)17-9-4-2-5-10-17/h2,4-5,9-10,15-16H,3,6-8,11-14H2,1H3,(H,22,25). The Kier molecular flexibility index (Phi) is 5.05. The summed E-state index contributed by atoms with van der Waals surface area (Å²) in [7, 11) is -1.83. The quantitative estimate of drug-likeness (QED) is 0.837. The normalized spacial score (nSPS) is 19.8. The summed E-state index contributed by atoms with van der Waals surface area (Å²) in [6.45, 7) is 1.10. The van der Waals surface area contributed by atoms with E-state index in [-0.39, 0.29) is 16.3 Å². The van der Waals surface area contributed by atoms with E-state index in [9.17, 15) is 13.2 Å². The SMILES string of the molecule is Cn1cc(S(=O)(=O)N2CCCCC2)cc1C(=O)NC1(c2ccccc2)CCC1. The minimum atomic E-state index is -3.55. The number of nitrogens with zero attached hydrogens (tertiary/aromatic N) is 2. The molecule has 6 nitrogen and oxygen atoms in total. The Hall–Kier alpha value is -2.12. The first-order valence-corrected chi connectivity index (χ1v) is 11.4. The lowest BCUT2D eigenvalue weighted by Gasteiger charge is -2.43. The molecule has 0 atom stereocenters. The monoisotopic (exact) mass is 401 g/mol. The maximum atomic E-state index is 13.0. The van der Waals surface area contributed by atoms with Crippen LogP contribution >= 0.6 is 0 Å². The first-order valence-electron chi connectivity index (χ1n) is 9.97. The predicted molar refractivity (Wildman–Crippen MR) is 107 cm³/mol. The third kappa shape index (κ3) is 3.37. The minimum absolute atomic E-state index is 0.199. The van der Waals surface area contributed by atoms with E-state index in [2.05, 4.69) is 5.32 Å². The summed E-state index contributed by atoms with van der Waals surface area (Å²) >= 11 is 0. The maximum absolute atomic E-state index is 13.0. The number of aryl methyl sites for hydroxylation is 1. The van der Waals surface area contributed by atoms with E-state index in [4.69, 9.17) is 0 Å². The molecule has 2 fully saturated rings. The first kappa shape index (κ1) is 19.2. The number of carbonyl (C=O) groups is 1. The van der Waals surface area contributed by atoms with Crippen molar-refractivity contribution in [2.75, 3.05) is 13.1 Å². The van der Waals surface area contributed by atoms with Gasteiger partial charge in [-0.15, -0.1) is 0 Å². The highest BCUT2D eigenvalue weighted by Crippen LogP contribution is 2.41. The zero-order valence-electron chi connectivity index (χ0n) is 16.2. The van der Waals surface area contributed by atoms with Gasteiger partial charge < -0.3 is 9.88 Å². The molecule has 2 heterocycles. The molecular weight excluding hydrogens is 374 g/mol. The van der Waals surface area contributed by atoms with Crippen molar-refractivity contribution in [1.29, 1.82) is 0 Å². The number of hydrogen-bond donors (Lipinski definition) is 1. The molecule has 2 aromatic rings. The van der Waals surface area contributed by atoms with Crippen LogP contribution < -0.4 is 5.32 Å². The molecule has 7 heteroatoms. The Bertz CT molecular complexity index is 956. The molecular formula is C21H27N3O3S. The minimum Gasteiger partial charge on any atom is -0.345 e. The van der Waals surface area contributed by atoms with Crippen LogP contribution in [-0.4, -0.2) is 36.3 Å². The molecule has 28 heavy (non-hydrogen) atoms. The van der Waals surface area contributed by atoms with Crippen LogP contribution in [0.15, 0.2) is 47.5 Å². The molecule has 0 unspecified atom stereocenters. The number of amides is 1. The largest absolute Gasteiger partial charge is 0.345 e. The number of nitrogens with one attached hydrogen (secondary N) is 1. The highest BCUT2D eigenvalue weighted by molar-refractivity contribution is 7.89. The van der Waals surface area contributed by atoms with Gasteiger partial charge in [0.25, 0.3) is 5.91 Å². The molecule has 1 aliphatic heterocycles. The lowest BCUT2D eigenvalue weighted by Crippen LogP contribution is -2.51. The number of carbonyl (C=O) groups excluding carboxylic acids is 1. The Labute approximate surface area is 166 Å². The van der Waals surface area contributed by atoms with Gasteiger partial charge in [-0.25, -0.2) is 8.42 Å². The second-order valence-corrected chi connectivity index (χ2v) is 9.83. The average Bonchev–Trinajstić information content (AvgIpc) is 3.08. The number of hydrogen-bond acceptors (Lipinski definition) is 3. The Morgan fingerprint density at radius 3 is 2.32 bits per heavy atom. The van der Waals surface area contributed by atoms with E-state index >= 15 is 0 Å². The van der Waals surface area contributed by atoms with Crippen molar-refractivity contribution in [2.45, 2.75) is 49.0 Å². The second kappa shape index (κ2) is 7.37. The van der Waals surface area contributed by atoms with E-state index in [1.54, 1.807) is 17.8 Å². The van der Waals surface area contributed by atoms with Crippen molar-refractivity contribution in [1.82, 2.24) is 14.2 Å². The topological polar surface area (TPSA) is 71.4 Å². The van der Waals surface area contributed by atoms with Gasteiger partial charge in [0.15, 0.2) is 0 Å². The molecule has 0 spiro atoms. The highest BCUT2D eigenvalue weighted by Gasteiger charge is 2.40. The van der Waals surface area contributed by atoms with Gasteiger partial charge in [-0.1, -0.05) is 36.8 Å². The summed E-state index contributed by atoms with van der Waals surface area (Å²) in [4.78, 5) is 13.2. The van der Waals surface area contributed by atoms with Gasteiger partial charge in [-0.05, 0) is 43.7 Å². The van der Waals surface area contributed by atoms with Crippen molar-refractivity contribution in [3.8, 4) is 0 Å². The highest BCUT2D eigenvalue weighted by atomic mass is 32.2. The third-order valence-corrected chi connectivity index (χ3v) is 7.92. The average molecular weight is 402 g/mol. The second-order valence-electron chi connectivity index (χ2n) is 7.89. The van der Waals surface area contributed by atoms with Gasteiger partial charge in [0.05, 0.1) is 5.54 Å². The number of benzene rings is 1. The molecule has 1 aromatic heterocycles. The van der Waals surface area contributed by atoms with Crippen molar-refractivity contribution < 1.29 is 13.2 Å². The van der Waals surface area contributed by atoms with Crippen LogP contribution in [0.25, 0.3) is 0 Å². The fourth-order valence-electron chi connectivity index (χ4n) is 4.21. The van der Waals surface area contributed by atoms with Crippen molar-refractivity contribution in [2.24, 2.45) is 7.05 Å². The molecule has 1 saturated heterocycles. The Morgan fingerprint density at radius 2 is 1.71 bits per heavy atom. The summed E-state index contributed by atoms with van der Waals surface area (Å²) in [6, 6.07) is 11.5. The summed E-state index contributed by atoms with van der Waals surface area (Å²) in [6.07, 6.45) is 7.25. The van der Waals surface area contributed by atoms with Crippen LogP contribution in [0, 0.1) is 0 Å². The van der Waals surface area contributed by atoms with Crippen LogP contribution in [0.3, 0.4) is 0 Å². The molecule has 0 radical (unpaired) electrons. The lowest BCUT2D eigenvalue weighted by molar-refractivity contribution is 0.0815. The smallest absolute Gasteiger partial charge is 0.268 e. The Morgan fingerprint density at radius 1 is 1.04 bits per heavy atom. The predicted octanol–water partition coefficient (Wildman–Crippen LogP) is 3.01. The molecule has 150 valence electrons. The van der Waals surface area contributed by atoms with Gasteiger partial charge in [-0.2, -0.15) is 4.31 Å². The van der Waals surface area contributed by atoms with Crippen LogP contribution in [0.1, 0.15) is 54.6 Å². The molecule has 1 aliphatic carbocycles. The third-order valence-electron chi connectivity index (χ3n) is 6.05. The summed E-state index contributed by atoms with van der Waals surface area (Å²) in [5.74, 6) is -0.230. The first-order chi connectivity index (χ1) is 13.4. The molecule has 1 aromatic carbocycles. The van der Waals surface area contributed by atoms with Crippen molar-refractivity contribution >= 4 is 15.9 Å². The number of piperidine rings is 1. The summed E-state index contributed by atoms with van der Waals surface area (Å²) in [5, 5.41) is 3.18. The number of sulfonamides is 1. The molecule has 4 rings (SSSR count). The molecule has 0 bridgehead atoms. The van der Waals surface area contributed by atoms with Gasteiger partial charge in [0.1, 0.15) is 10.6 Å². The van der Waals surface area contributed by atoms with Crippen LogP contribution in [-0.2, 0) is 22.6 Å². The van der Waals surface area contributed by atoms with Crippen LogP contribution in [0.4, 0.5) is 0 Å². The molecule has 1 amide bonds. The van der Waals surface area contributed by atoms with E-state index in [0.717, 1.165) is 44.1 Å². The van der Waals surface area contributed by atoms with Gasteiger partial charge >= 0.3 is 0 Å². The number of aromatic nitrogens is 1. The van der Waals surface area contributed by atoms with Crippen LogP contribution in [0.2, 0.25) is 0 Å². The zero-order chi connectivity index (χ0) is 19.8. The van der Waals surface area contributed by atoms with E-state index in [1.165, 1.54) is 10.4 Å². The van der Waals surface area contributed by atoms with Crippen molar-refractivity contribution in [3.63, 3.8) is 0 Å². The zero-order valence-corrected chi connectivity index (χ0v) is 17.0. The fraction of sp³-hybridized carbons (Fsp3) is 0.476. The van der Waals surface area contributed by atoms with E-state index in [0.29, 0.717) is 18.8 Å². The fourth-order valence-corrected chi connectivity index (χ4v) is 5.80. The molecule has 2 aliphatic rings. The van der Waals surface area contributed by atoms with E-state index < -0.39 is 10.0 Å². The van der Waals surface area contributed by atoms with Gasteiger partial charge in [0.2, 0.25) is 10.0 Å². The van der Waals surface area contributed by atoms with Crippen LogP contribution in [0.5, 0.6) is 0 Å².